The van der Waals surface area contributed by atoms with E-state index in [-0.39, 0.29) is 18.0 Å². The molecule has 0 radical (unpaired) electrons. The zero-order chi connectivity index (χ0) is 13.8. The number of hydrogen-bond donors (Lipinski definition) is 3. The Kier molecular flexibility index (Phi) is 4.61. The Morgan fingerprint density at radius 1 is 1.50 bits per heavy atom. The molecule has 0 spiro atoms. The molecule has 0 aliphatic rings. The van der Waals surface area contributed by atoms with Gasteiger partial charge in [0.2, 0.25) is 0 Å². The molecule has 0 unspecified atom stereocenters. The predicted octanol–water partition coefficient (Wildman–Crippen LogP) is 1.88. The predicted molar refractivity (Wildman–Crippen MR) is 65.2 cm³/mol. The summed E-state index contributed by atoms with van der Waals surface area (Å²) in [5.41, 5.74) is -0.885. The number of nitrogens with one attached hydrogen (secondary N) is 1. The molecule has 1 aromatic rings. The molecule has 0 bridgehead atoms. The van der Waals surface area contributed by atoms with Gasteiger partial charge in [0.05, 0.1) is 18.3 Å². The first-order valence-electron chi connectivity index (χ1n) is 5.76. The summed E-state index contributed by atoms with van der Waals surface area (Å²) in [7, 11) is 0. The lowest BCUT2D eigenvalue weighted by atomic mass is 9.93. The van der Waals surface area contributed by atoms with Gasteiger partial charge in [0.15, 0.2) is 0 Å². The molecule has 1 aromatic heterocycles. The smallest absolute Gasteiger partial charge is 0.339 e. The van der Waals surface area contributed by atoms with Gasteiger partial charge in [-0.05, 0) is 18.9 Å². The zero-order valence-electron chi connectivity index (χ0n) is 10.4. The third-order valence-electron chi connectivity index (χ3n) is 3.12. The molecule has 5 nitrogen and oxygen atoms in total. The van der Waals surface area contributed by atoms with E-state index in [0.717, 1.165) is 12.3 Å². The number of aromatic nitrogens is 1. The van der Waals surface area contributed by atoms with Crippen molar-refractivity contribution in [3.8, 4) is 0 Å². The maximum absolute atomic E-state index is 13.0. The van der Waals surface area contributed by atoms with Crippen molar-refractivity contribution in [2.75, 3.05) is 11.9 Å². The molecule has 0 saturated heterocycles. The van der Waals surface area contributed by atoms with E-state index in [1.807, 2.05) is 13.8 Å². The van der Waals surface area contributed by atoms with Crippen LogP contribution in [0, 0.1) is 5.82 Å². The van der Waals surface area contributed by atoms with Crippen LogP contribution in [-0.2, 0) is 0 Å². The van der Waals surface area contributed by atoms with Gasteiger partial charge in [-0.25, -0.2) is 14.2 Å². The molecule has 6 heteroatoms. The molecule has 0 saturated carbocycles. The third kappa shape index (κ3) is 2.95. The lowest BCUT2D eigenvalue weighted by molar-refractivity contribution is 0.0696. The first-order valence-corrected chi connectivity index (χ1v) is 5.76. The largest absolute Gasteiger partial charge is 0.478 e. The SMILES string of the molecule is CCC(CC)(CO)Nc1ncc(F)cc1C(=O)O. The molecule has 0 aliphatic heterocycles. The average Bonchev–Trinajstić information content (AvgIpc) is 2.37. The maximum atomic E-state index is 13.0. The van der Waals surface area contributed by atoms with Gasteiger partial charge in [-0.1, -0.05) is 13.8 Å². The molecule has 1 heterocycles. The van der Waals surface area contributed by atoms with Gasteiger partial charge in [-0.2, -0.15) is 0 Å². The van der Waals surface area contributed by atoms with Crippen molar-refractivity contribution < 1.29 is 19.4 Å². The Labute approximate surface area is 105 Å². The van der Waals surface area contributed by atoms with E-state index < -0.39 is 17.3 Å². The highest BCUT2D eigenvalue weighted by molar-refractivity contribution is 5.93. The van der Waals surface area contributed by atoms with Gasteiger partial charge in [0.1, 0.15) is 17.2 Å². The van der Waals surface area contributed by atoms with Crippen LogP contribution in [0.2, 0.25) is 0 Å². The summed E-state index contributed by atoms with van der Waals surface area (Å²) in [6.07, 6.45) is 2.14. The van der Waals surface area contributed by atoms with Crippen LogP contribution in [0.4, 0.5) is 10.2 Å². The van der Waals surface area contributed by atoms with Crippen molar-refractivity contribution in [3.05, 3.63) is 23.6 Å². The highest BCUT2D eigenvalue weighted by atomic mass is 19.1. The summed E-state index contributed by atoms with van der Waals surface area (Å²) in [5.74, 6) is -1.90. The van der Waals surface area contributed by atoms with E-state index in [0.29, 0.717) is 12.8 Å². The molecule has 100 valence electrons. The lowest BCUT2D eigenvalue weighted by Gasteiger charge is -2.31. The Hall–Kier alpha value is -1.69. The minimum Gasteiger partial charge on any atom is -0.478 e. The van der Waals surface area contributed by atoms with Crippen LogP contribution >= 0.6 is 0 Å². The molecule has 0 atom stereocenters. The molecular weight excluding hydrogens is 239 g/mol. The van der Waals surface area contributed by atoms with E-state index in [2.05, 4.69) is 10.3 Å². The van der Waals surface area contributed by atoms with Crippen molar-refractivity contribution in [2.45, 2.75) is 32.2 Å². The van der Waals surface area contributed by atoms with Crippen LogP contribution in [0.1, 0.15) is 37.0 Å². The molecule has 0 aliphatic carbocycles. The molecule has 18 heavy (non-hydrogen) atoms. The molecule has 0 fully saturated rings. The number of hydrogen-bond acceptors (Lipinski definition) is 4. The second-order valence-electron chi connectivity index (χ2n) is 4.13. The fraction of sp³-hybridized carbons (Fsp3) is 0.500. The Morgan fingerprint density at radius 2 is 2.11 bits per heavy atom. The van der Waals surface area contributed by atoms with E-state index in [4.69, 9.17) is 5.11 Å². The minimum absolute atomic E-state index is 0.0710. The van der Waals surface area contributed by atoms with Gasteiger partial charge in [0, 0.05) is 0 Å². The number of aliphatic hydroxyl groups excluding tert-OH is 1. The first-order chi connectivity index (χ1) is 8.48. The summed E-state index contributed by atoms with van der Waals surface area (Å²) in [4.78, 5) is 14.8. The summed E-state index contributed by atoms with van der Waals surface area (Å²) >= 11 is 0. The average molecular weight is 256 g/mol. The Morgan fingerprint density at radius 3 is 2.56 bits per heavy atom. The van der Waals surface area contributed by atoms with Crippen molar-refractivity contribution in [1.82, 2.24) is 4.98 Å². The van der Waals surface area contributed by atoms with Crippen molar-refractivity contribution >= 4 is 11.8 Å². The number of anilines is 1. The van der Waals surface area contributed by atoms with Gasteiger partial charge in [0.25, 0.3) is 0 Å². The fourth-order valence-corrected chi connectivity index (χ4v) is 1.64. The topological polar surface area (TPSA) is 82.5 Å². The Balaban J connectivity index is 3.13. The monoisotopic (exact) mass is 256 g/mol. The molecule has 3 N–H and O–H groups in total. The van der Waals surface area contributed by atoms with Crippen molar-refractivity contribution in [1.29, 1.82) is 0 Å². The van der Waals surface area contributed by atoms with Crippen molar-refractivity contribution in [2.24, 2.45) is 0 Å². The van der Waals surface area contributed by atoms with E-state index in [1.54, 1.807) is 0 Å². The molecule has 1 rings (SSSR count). The van der Waals surface area contributed by atoms with E-state index in [9.17, 15) is 14.3 Å². The zero-order valence-corrected chi connectivity index (χ0v) is 10.4. The third-order valence-corrected chi connectivity index (χ3v) is 3.12. The number of aliphatic hydroxyl groups is 1. The van der Waals surface area contributed by atoms with Crippen LogP contribution in [0.5, 0.6) is 0 Å². The van der Waals surface area contributed by atoms with Gasteiger partial charge >= 0.3 is 5.97 Å². The fourth-order valence-electron chi connectivity index (χ4n) is 1.64. The summed E-state index contributed by atoms with van der Waals surface area (Å²) < 4.78 is 13.0. The Bertz CT molecular complexity index is 425. The van der Waals surface area contributed by atoms with Crippen LogP contribution in [0.3, 0.4) is 0 Å². The number of carboxylic acid groups (broad SMARTS) is 1. The highest BCUT2D eigenvalue weighted by Crippen LogP contribution is 2.23. The normalized spacial score (nSPS) is 11.3. The number of carboxylic acids is 1. The molecule has 0 amide bonds. The first kappa shape index (κ1) is 14.4. The number of halogens is 1. The highest BCUT2D eigenvalue weighted by Gasteiger charge is 2.27. The van der Waals surface area contributed by atoms with Crippen LogP contribution in [-0.4, -0.2) is 33.3 Å². The second kappa shape index (κ2) is 5.77. The van der Waals surface area contributed by atoms with E-state index >= 15 is 0 Å². The minimum atomic E-state index is -1.26. The maximum Gasteiger partial charge on any atom is 0.339 e. The number of nitrogens with zero attached hydrogens (tertiary/aromatic N) is 1. The van der Waals surface area contributed by atoms with E-state index in [1.165, 1.54) is 0 Å². The number of carbonyl (C=O) groups is 1. The molecule has 0 aromatic carbocycles. The summed E-state index contributed by atoms with van der Waals surface area (Å²) in [5, 5.41) is 21.3. The number of rotatable bonds is 6. The van der Waals surface area contributed by atoms with Gasteiger partial charge < -0.3 is 15.5 Å². The van der Waals surface area contributed by atoms with Crippen LogP contribution in [0.25, 0.3) is 0 Å². The molecular formula is C12H17FN2O3. The second-order valence-corrected chi connectivity index (χ2v) is 4.13. The van der Waals surface area contributed by atoms with Gasteiger partial charge in [-0.15, -0.1) is 0 Å². The van der Waals surface area contributed by atoms with Crippen LogP contribution < -0.4 is 5.32 Å². The van der Waals surface area contributed by atoms with Gasteiger partial charge in [-0.3, -0.25) is 0 Å². The number of pyridine rings is 1. The lowest BCUT2D eigenvalue weighted by Crippen LogP contribution is -2.41. The summed E-state index contributed by atoms with van der Waals surface area (Å²) in [6, 6.07) is 0.908. The standard InChI is InChI=1S/C12H17FN2O3/c1-3-12(4-2,7-16)15-10-9(11(17)18)5-8(13)6-14-10/h5-6,16H,3-4,7H2,1-2H3,(H,14,15)(H,17,18). The summed E-state index contributed by atoms with van der Waals surface area (Å²) in [6.45, 7) is 3.59. The number of aromatic carboxylic acids is 1. The van der Waals surface area contributed by atoms with Crippen molar-refractivity contribution in [3.63, 3.8) is 0 Å². The van der Waals surface area contributed by atoms with Crippen LogP contribution in [0.15, 0.2) is 12.3 Å². The quantitative estimate of drug-likeness (QED) is 0.724.